The zero-order chi connectivity index (χ0) is 19.7. The molecule has 28 heavy (non-hydrogen) atoms. The number of aryl methyl sites for hydroxylation is 1. The summed E-state index contributed by atoms with van der Waals surface area (Å²) in [6, 6.07) is 7.80. The van der Waals surface area contributed by atoms with Crippen molar-refractivity contribution in [2.24, 2.45) is 5.92 Å². The molecule has 2 aliphatic rings. The van der Waals surface area contributed by atoms with Gasteiger partial charge in [-0.2, -0.15) is 0 Å². The SMILES string of the molecule is CCC1CC(C)=C(Nc2nc(-c3ccc(Cl)cc3)nc3c2CCCC3)C=C1C. The Balaban J connectivity index is 1.74. The number of benzene rings is 1. The van der Waals surface area contributed by atoms with Crippen LogP contribution in [0, 0.1) is 5.92 Å². The lowest BCUT2D eigenvalue weighted by molar-refractivity contribution is 0.574. The minimum absolute atomic E-state index is 0.662. The Morgan fingerprint density at radius 3 is 2.57 bits per heavy atom. The molecule has 146 valence electrons. The molecule has 1 aromatic heterocycles. The van der Waals surface area contributed by atoms with Gasteiger partial charge in [0.05, 0.1) is 0 Å². The molecule has 0 bridgehead atoms. The van der Waals surface area contributed by atoms with E-state index in [-0.39, 0.29) is 0 Å². The highest BCUT2D eigenvalue weighted by molar-refractivity contribution is 6.30. The fraction of sp³-hybridized carbons (Fsp3) is 0.417. The molecule has 3 nitrogen and oxygen atoms in total. The van der Waals surface area contributed by atoms with E-state index in [1.807, 2.05) is 24.3 Å². The van der Waals surface area contributed by atoms with E-state index in [0.717, 1.165) is 41.5 Å². The van der Waals surface area contributed by atoms with Gasteiger partial charge in [0, 0.05) is 27.5 Å². The van der Waals surface area contributed by atoms with Crippen LogP contribution in [0.15, 0.2) is 47.2 Å². The molecule has 1 atom stereocenters. The first-order chi connectivity index (χ1) is 13.5. The van der Waals surface area contributed by atoms with Crippen molar-refractivity contribution in [3.8, 4) is 11.4 Å². The van der Waals surface area contributed by atoms with Crippen molar-refractivity contribution >= 4 is 17.4 Å². The summed E-state index contributed by atoms with van der Waals surface area (Å²) in [6.45, 7) is 6.76. The predicted molar refractivity (Wildman–Crippen MR) is 118 cm³/mol. The van der Waals surface area contributed by atoms with Gasteiger partial charge in [-0.3, -0.25) is 0 Å². The lowest BCUT2D eigenvalue weighted by atomic mass is 9.85. The number of anilines is 1. The van der Waals surface area contributed by atoms with Crippen molar-refractivity contribution in [3.63, 3.8) is 0 Å². The zero-order valence-corrected chi connectivity index (χ0v) is 17.7. The van der Waals surface area contributed by atoms with E-state index in [1.165, 1.54) is 47.4 Å². The maximum atomic E-state index is 6.06. The van der Waals surface area contributed by atoms with Gasteiger partial charge in [-0.15, -0.1) is 0 Å². The monoisotopic (exact) mass is 393 g/mol. The third kappa shape index (κ3) is 3.86. The fourth-order valence-electron chi connectivity index (χ4n) is 4.27. The van der Waals surface area contributed by atoms with E-state index in [4.69, 9.17) is 21.6 Å². The number of rotatable bonds is 4. The Hall–Kier alpha value is -2.13. The summed E-state index contributed by atoms with van der Waals surface area (Å²) >= 11 is 6.06. The quantitative estimate of drug-likeness (QED) is 0.625. The van der Waals surface area contributed by atoms with Crippen molar-refractivity contribution in [2.75, 3.05) is 5.32 Å². The van der Waals surface area contributed by atoms with Gasteiger partial charge < -0.3 is 5.32 Å². The van der Waals surface area contributed by atoms with Gasteiger partial charge in [-0.25, -0.2) is 9.97 Å². The van der Waals surface area contributed by atoms with Crippen LogP contribution in [0.25, 0.3) is 11.4 Å². The van der Waals surface area contributed by atoms with Crippen molar-refractivity contribution in [1.29, 1.82) is 0 Å². The summed E-state index contributed by atoms with van der Waals surface area (Å²) in [5.41, 5.74) is 7.55. The second-order valence-electron chi connectivity index (χ2n) is 8.05. The Morgan fingerprint density at radius 1 is 1.07 bits per heavy atom. The zero-order valence-electron chi connectivity index (χ0n) is 17.0. The number of nitrogens with zero attached hydrogens (tertiary/aromatic N) is 2. The van der Waals surface area contributed by atoms with Crippen molar-refractivity contribution in [1.82, 2.24) is 9.97 Å². The number of hydrogen-bond donors (Lipinski definition) is 1. The van der Waals surface area contributed by atoms with E-state index >= 15 is 0 Å². The molecule has 0 amide bonds. The molecule has 0 spiro atoms. The van der Waals surface area contributed by atoms with Crippen LogP contribution in [-0.2, 0) is 12.8 Å². The van der Waals surface area contributed by atoms with Gasteiger partial charge in [0.15, 0.2) is 5.82 Å². The molecule has 0 radical (unpaired) electrons. The van der Waals surface area contributed by atoms with Crippen LogP contribution < -0.4 is 5.32 Å². The lowest BCUT2D eigenvalue weighted by Crippen LogP contribution is -2.16. The summed E-state index contributed by atoms with van der Waals surface area (Å²) in [4.78, 5) is 9.85. The number of hydrogen-bond acceptors (Lipinski definition) is 3. The van der Waals surface area contributed by atoms with Crippen LogP contribution in [0.3, 0.4) is 0 Å². The molecule has 0 aliphatic heterocycles. The molecule has 0 fully saturated rings. The minimum Gasteiger partial charge on any atom is -0.340 e. The molecule has 1 heterocycles. The summed E-state index contributed by atoms with van der Waals surface area (Å²) in [5, 5.41) is 4.41. The topological polar surface area (TPSA) is 37.8 Å². The second kappa shape index (κ2) is 8.08. The molecular weight excluding hydrogens is 366 g/mol. The molecule has 0 saturated carbocycles. The maximum absolute atomic E-state index is 6.06. The Kier molecular flexibility index (Phi) is 5.54. The third-order valence-electron chi connectivity index (χ3n) is 6.06. The van der Waals surface area contributed by atoms with Crippen LogP contribution in [0.4, 0.5) is 5.82 Å². The smallest absolute Gasteiger partial charge is 0.161 e. The Morgan fingerprint density at radius 2 is 1.82 bits per heavy atom. The van der Waals surface area contributed by atoms with E-state index in [1.54, 1.807) is 0 Å². The highest BCUT2D eigenvalue weighted by Crippen LogP contribution is 2.34. The number of fused-ring (bicyclic) bond motifs is 1. The Labute approximate surface area is 172 Å². The summed E-state index contributed by atoms with van der Waals surface area (Å²) < 4.78 is 0. The normalized spacial score (nSPS) is 19.3. The van der Waals surface area contributed by atoms with Gasteiger partial charge in [0.2, 0.25) is 0 Å². The third-order valence-corrected chi connectivity index (χ3v) is 6.31. The first-order valence-corrected chi connectivity index (χ1v) is 10.7. The largest absolute Gasteiger partial charge is 0.340 e. The molecule has 4 heteroatoms. The van der Waals surface area contributed by atoms with Gasteiger partial charge >= 0.3 is 0 Å². The van der Waals surface area contributed by atoms with Crippen molar-refractivity contribution < 1.29 is 0 Å². The van der Waals surface area contributed by atoms with Crippen LogP contribution in [0.5, 0.6) is 0 Å². The Bertz CT molecular complexity index is 941. The maximum Gasteiger partial charge on any atom is 0.161 e. The van der Waals surface area contributed by atoms with Crippen LogP contribution in [0.2, 0.25) is 5.02 Å². The van der Waals surface area contributed by atoms with Gasteiger partial charge in [0.1, 0.15) is 5.82 Å². The van der Waals surface area contributed by atoms with Gasteiger partial charge in [-0.05, 0) is 94.2 Å². The molecule has 1 N–H and O–H groups in total. The van der Waals surface area contributed by atoms with Crippen molar-refractivity contribution in [2.45, 2.75) is 59.3 Å². The number of allylic oxidation sites excluding steroid dienone is 3. The fourth-order valence-corrected chi connectivity index (χ4v) is 4.40. The molecule has 2 aromatic rings. The first kappa shape index (κ1) is 19.2. The predicted octanol–water partition coefficient (Wildman–Crippen LogP) is 6.74. The van der Waals surface area contributed by atoms with E-state index in [0.29, 0.717) is 5.92 Å². The average Bonchev–Trinajstić information content (AvgIpc) is 2.71. The van der Waals surface area contributed by atoms with Crippen LogP contribution in [0.1, 0.15) is 57.7 Å². The van der Waals surface area contributed by atoms with E-state index in [9.17, 15) is 0 Å². The molecule has 1 unspecified atom stereocenters. The molecule has 4 rings (SSSR count). The minimum atomic E-state index is 0.662. The summed E-state index contributed by atoms with van der Waals surface area (Å²) in [7, 11) is 0. The molecule has 1 aromatic carbocycles. The summed E-state index contributed by atoms with van der Waals surface area (Å²) in [5.74, 6) is 2.42. The van der Waals surface area contributed by atoms with Gasteiger partial charge in [-0.1, -0.05) is 24.1 Å². The van der Waals surface area contributed by atoms with Crippen LogP contribution in [-0.4, -0.2) is 9.97 Å². The standard InChI is InChI=1S/C24H28ClN3/c1-4-17-13-16(3)22(14-15(17)2)27-24-20-7-5-6-8-21(20)26-23(28-24)18-9-11-19(25)12-10-18/h9-12,14,17H,4-8,13H2,1-3H3,(H,26,27,28). The summed E-state index contributed by atoms with van der Waals surface area (Å²) in [6.07, 6.45) is 9.10. The molecular formula is C24H28ClN3. The van der Waals surface area contributed by atoms with Crippen LogP contribution >= 0.6 is 11.6 Å². The second-order valence-corrected chi connectivity index (χ2v) is 8.49. The lowest BCUT2D eigenvalue weighted by Gasteiger charge is -2.26. The number of aromatic nitrogens is 2. The van der Waals surface area contributed by atoms with Gasteiger partial charge in [0.25, 0.3) is 0 Å². The average molecular weight is 394 g/mol. The number of halogens is 1. The van der Waals surface area contributed by atoms with Crippen molar-refractivity contribution in [3.05, 3.63) is 63.5 Å². The number of nitrogens with one attached hydrogen (secondary N) is 1. The van der Waals surface area contributed by atoms with E-state index < -0.39 is 0 Å². The molecule has 2 aliphatic carbocycles. The van der Waals surface area contributed by atoms with E-state index in [2.05, 4.69) is 32.2 Å². The highest BCUT2D eigenvalue weighted by Gasteiger charge is 2.22. The first-order valence-electron chi connectivity index (χ1n) is 10.4. The highest BCUT2D eigenvalue weighted by atomic mass is 35.5. The molecule has 0 saturated heterocycles.